The first kappa shape index (κ1) is 8.99. The number of pyridine rings is 1. The summed E-state index contributed by atoms with van der Waals surface area (Å²) in [6.07, 6.45) is -1.27. The molecule has 0 aliphatic rings. The molecule has 0 bridgehead atoms. The van der Waals surface area contributed by atoms with Crippen molar-refractivity contribution >= 4 is 10.8 Å². The van der Waals surface area contributed by atoms with E-state index >= 15 is 0 Å². The molecular formula is C10H6F3N. The maximum atomic E-state index is 12.3. The molecule has 0 amide bonds. The van der Waals surface area contributed by atoms with Crippen molar-refractivity contribution in [2.75, 3.05) is 0 Å². The third kappa shape index (κ3) is 1.55. The lowest BCUT2D eigenvalue weighted by Crippen LogP contribution is -2.04. The smallest absolute Gasteiger partial charge is 0.264 e. The quantitative estimate of drug-likeness (QED) is 0.631. The first-order valence-electron chi connectivity index (χ1n) is 3.98. The van der Waals surface area contributed by atoms with Gasteiger partial charge in [-0.15, -0.1) is 0 Å². The first-order chi connectivity index (χ1) is 6.57. The monoisotopic (exact) mass is 197 g/mol. The maximum Gasteiger partial charge on any atom is 0.416 e. The van der Waals surface area contributed by atoms with Gasteiger partial charge in [-0.3, -0.25) is 4.98 Å². The van der Waals surface area contributed by atoms with Crippen LogP contribution in [0.2, 0.25) is 0 Å². The van der Waals surface area contributed by atoms with Crippen LogP contribution in [0.4, 0.5) is 13.2 Å². The van der Waals surface area contributed by atoms with Crippen LogP contribution in [-0.4, -0.2) is 4.98 Å². The summed E-state index contributed by atoms with van der Waals surface area (Å²) in [6.45, 7) is 0. The molecule has 0 N–H and O–H groups in total. The minimum absolute atomic E-state index is 0.551. The fraction of sp³-hybridized carbons (Fsp3) is 0.100. The molecule has 0 spiro atoms. The van der Waals surface area contributed by atoms with E-state index < -0.39 is 11.7 Å². The highest BCUT2D eigenvalue weighted by Gasteiger charge is 2.30. The number of halogens is 3. The van der Waals surface area contributed by atoms with Crippen LogP contribution in [0.15, 0.2) is 36.7 Å². The number of nitrogens with zero attached hydrogens (tertiary/aromatic N) is 1. The molecule has 0 aliphatic heterocycles. The minimum Gasteiger partial charge on any atom is -0.264 e. The highest BCUT2D eigenvalue weighted by Crippen LogP contribution is 2.30. The molecule has 2 rings (SSSR count). The number of hydrogen-bond donors (Lipinski definition) is 0. The number of rotatable bonds is 0. The molecule has 1 heterocycles. The molecule has 2 aromatic rings. The van der Waals surface area contributed by atoms with E-state index in [-0.39, 0.29) is 0 Å². The summed E-state index contributed by atoms with van der Waals surface area (Å²) in [6, 6.07) is 5.16. The number of hydrogen-bond acceptors (Lipinski definition) is 1. The number of aromatic nitrogens is 1. The summed E-state index contributed by atoms with van der Waals surface area (Å²) in [5, 5.41) is 1.26. The van der Waals surface area contributed by atoms with Gasteiger partial charge in [0.05, 0.1) is 5.56 Å². The Hall–Kier alpha value is -1.58. The SMILES string of the molecule is FC(F)(F)c1ccc2cnccc2c1. The number of benzene rings is 1. The van der Waals surface area contributed by atoms with Gasteiger partial charge in [0.2, 0.25) is 0 Å². The number of alkyl halides is 3. The zero-order valence-corrected chi connectivity index (χ0v) is 7.05. The molecule has 0 unspecified atom stereocenters. The second kappa shape index (κ2) is 2.97. The van der Waals surface area contributed by atoms with Gasteiger partial charge in [0, 0.05) is 17.8 Å². The summed E-state index contributed by atoms with van der Waals surface area (Å²) in [5.41, 5.74) is -0.629. The van der Waals surface area contributed by atoms with Gasteiger partial charge >= 0.3 is 6.18 Å². The van der Waals surface area contributed by atoms with Crippen molar-refractivity contribution in [1.29, 1.82) is 0 Å². The molecule has 0 saturated heterocycles. The van der Waals surface area contributed by atoms with Crippen molar-refractivity contribution in [1.82, 2.24) is 4.98 Å². The van der Waals surface area contributed by atoms with Crippen LogP contribution >= 0.6 is 0 Å². The van der Waals surface area contributed by atoms with Gasteiger partial charge in [-0.05, 0) is 23.6 Å². The Morgan fingerprint density at radius 3 is 2.50 bits per heavy atom. The van der Waals surface area contributed by atoms with Crippen LogP contribution < -0.4 is 0 Å². The molecule has 1 aromatic carbocycles. The zero-order chi connectivity index (χ0) is 10.2. The molecule has 1 aromatic heterocycles. The zero-order valence-electron chi connectivity index (χ0n) is 7.05. The fourth-order valence-corrected chi connectivity index (χ4v) is 1.26. The van der Waals surface area contributed by atoms with Gasteiger partial charge in [0.1, 0.15) is 0 Å². The van der Waals surface area contributed by atoms with Crippen molar-refractivity contribution < 1.29 is 13.2 Å². The van der Waals surface area contributed by atoms with Crippen LogP contribution in [-0.2, 0) is 6.18 Å². The predicted octanol–water partition coefficient (Wildman–Crippen LogP) is 3.25. The molecular weight excluding hydrogens is 191 g/mol. The van der Waals surface area contributed by atoms with Crippen molar-refractivity contribution in [3.05, 3.63) is 42.2 Å². The average molecular weight is 197 g/mol. The Morgan fingerprint density at radius 2 is 1.79 bits per heavy atom. The lowest BCUT2D eigenvalue weighted by Gasteiger charge is -2.06. The van der Waals surface area contributed by atoms with Gasteiger partial charge in [-0.25, -0.2) is 0 Å². The highest BCUT2D eigenvalue weighted by molar-refractivity contribution is 5.82. The summed E-state index contributed by atoms with van der Waals surface area (Å²) >= 11 is 0. The second-order valence-electron chi connectivity index (χ2n) is 2.94. The Morgan fingerprint density at radius 1 is 1.00 bits per heavy atom. The van der Waals surface area contributed by atoms with E-state index in [9.17, 15) is 13.2 Å². The van der Waals surface area contributed by atoms with Gasteiger partial charge in [0.25, 0.3) is 0 Å². The van der Waals surface area contributed by atoms with Crippen LogP contribution in [0.5, 0.6) is 0 Å². The Bertz CT molecular complexity index is 462. The van der Waals surface area contributed by atoms with E-state index in [2.05, 4.69) is 4.98 Å². The molecule has 0 fully saturated rings. The standard InChI is InChI=1S/C10H6F3N/c11-10(12,13)9-2-1-8-6-14-4-3-7(8)5-9/h1-6H. The Balaban J connectivity index is 2.63. The molecule has 72 valence electrons. The molecule has 14 heavy (non-hydrogen) atoms. The lowest BCUT2D eigenvalue weighted by atomic mass is 10.1. The molecule has 0 saturated carbocycles. The molecule has 0 radical (unpaired) electrons. The fourth-order valence-electron chi connectivity index (χ4n) is 1.26. The normalized spacial score (nSPS) is 11.9. The van der Waals surface area contributed by atoms with Crippen LogP contribution in [0.25, 0.3) is 10.8 Å². The van der Waals surface area contributed by atoms with Crippen LogP contribution in [0.1, 0.15) is 5.56 Å². The average Bonchev–Trinajstić information content (AvgIpc) is 2.16. The van der Waals surface area contributed by atoms with Gasteiger partial charge in [0.15, 0.2) is 0 Å². The van der Waals surface area contributed by atoms with Crippen molar-refractivity contribution in [2.24, 2.45) is 0 Å². The topological polar surface area (TPSA) is 12.9 Å². The van der Waals surface area contributed by atoms with E-state index in [1.807, 2.05) is 0 Å². The van der Waals surface area contributed by atoms with Gasteiger partial charge in [-0.1, -0.05) is 6.07 Å². The lowest BCUT2D eigenvalue weighted by molar-refractivity contribution is -0.137. The molecule has 1 nitrogen and oxygen atoms in total. The van der Waals surface area contributed by atoms with E-state index in [1.165, 1.54) is 18.5 Å². The minimum atomic E-state index is -4.28. The van der Waals surface area contributed by atoms with Crippen molar-refractivity contribution in [3.63, 3.8) is 0 Å². The maximum absolute atomic E-state index is 12.3. The highest BCUT2D eigenvalue weighted by atomic mass is 19.4. The molecule has 4 heteroatoms. The van der Waals surface area contributed by atoms with E-state index in [0.717, 1.165) is 12.1 Å². The van der Waals surface area contributed by atoms with E-state index in [1.54, 1.807) is 6.07 Å². The second-order valence-corrected chi connectivity index (χ2v) is 2.94. The van der Waals surface area contributed by atoms with E-state index in [0.29, 0.717) is 10.8 Å². The van der Waals surface area contributed by atoms with Crippen molar-refractivity contribution in [3.8, 4) is 0 Å². The molecule has 0 atom stereocenters. The Labute approximate surface area is 78.2 Å². The van der Waals surface area contributed by atoms with Crippen LogP contribution in [0.3, 0.4) is 0 Å². The Kier molecular flexibility index (Phi) is 1.91. The van der Waals surface area contributed by atoms with Crippen molar-refractivity contribution in [2.45, 2.75) is 6.18 Å². The summed E-state index contributed by atoms with van der Waals surface area (Å²) in [7, 11) is 0. The summed E-state index contributed by atoms with van der Waals surface area (Å²) < 4.78 is 36.9. The third-order valence-electron chi connectivity index (χ3n) is 1.97. The first-order valence-corrected chi connectivity index (χ1v) is 3.98. The summed E-state index contributed by atoms with van der Waals surface area (Å²) in [4.78, 5) is 3.82. The van der Waals surface area contributed by atoms with Crippen LogP contribution in [0, 0.1) is 0 Å². The van der Waals surface area contributed by atoms with E-state index in [4.69, 9.17) is 0 Å². The molecule has 0 aliphatic carbocycles. The third-order valence-corrected chi connectivity index (χ3v) is 1.97. The largest absolute Gasteiger partial charge is 0.416 e. The summed E-state index contributed by atoms with van der Waals surface area (Å²) in [5.74, 6) is 0. The number of fused-ring (bicyclic) bond motifs is 1. The predicted molar refractivity (Wildman–Crippen MR) is 46.7 cm³/mol. The van der Waals surface area contributed by atoms with Gasteiger partial charge < -0.3 is 0 Å². The van der Waals surface area contributed by atoms with Gasteiger partial charge in [-0.2, -0.15) is 13.2 Å².